The number of hydrogen-bond acceptors (Lipinski definition) is 5. The maximum atomic E-state index is 5.83. The second-order valence-corrected chi connectivity index (χ2v) is 6.12. The summed E-state index contributed by atoms with van der Waals surface area (Å²) in [6, 6.07) is 14.1. The van der Waals surface area contributed by atoms with E-state index in [9.17, 15) is 0 Å². The topological polar surface area (TPSA) is 57.4 Å². The Labute approximate surface area is 138 Å². The molecule has 0 bridgehead atoms. The van der Waals surface area contributed by atoms with Crippen LogP contribution in [0, 0.1) is 0 Å². The molecule has 0 amide bonds. The summed E-state index contributed by atoms with van der Waals surface area (Å²) in [6.07, 6.45) is 0. The third-order valence-corrected chi connectivity index (χ3v) is 4.69. The van der Waals surface area contributed by atoms with Gasteiger partial charge in [0.15, 0.2) is 11.5 Å². The van der Waals surface area contributed by atoms with E-state index in [0.717, 1.165) is 38.9 Å². The summed E-state index contributed by atoms with van der Waals surface area (Å²) in [4.78, 5) is 4.77. The van der Waals surface area contributed by atoms with Crippen molar-refractivity contribution in [1.82, 2.24) is 4.98 Å². The predicted molar refractivity (Wildman–Crippen MR) is 91.9 cm³/mol. The van der Waals surface area contributed by atoms with Gasteiger partial charge < -0.3 is 15.2 Å². The van der Waals surface area contributed by atoms with Crippen LogP contribution in [0.15, 0.2) is 47.8 Å². The molecule has 0 saturated carbocycles. The van der Waals surface area contributed by atoms with Crippen molar-refractivity contribution >= 4 is 11.3 Å². The molecule has 4 rings (SSSR count). The molecular weight excluding hydrogens is 308 g/mol. The Bertz CT molecular complexity index is 845. The lowest BCUT2D eigenvalue weighted by molar-refractivity contribution is 0.171. The molecule has 3 aromatic rings. The van der Waals surface area contributed by atoms with E-state index in [1.807, 2.05) is 36.4 Å². The van der Waals surface area contributed by atoms with Crippen LogP contribution in [0.5, 0.6) is 11.5 Å². The van der Waals surface area contributed by atoms with E-state index in [2.05, 4.69) is 11.4 Å². The molecule has 0 saturated heterocycles. The third kappa shape index (κ3) is 2.69. The van der Waals surface area contributed by atoms with Gasteiger partial charge in [0, 0.05) is 23.1 Å². The molecule has 0 atom stereocenters. The Kier molecular flexibility index (Phi) is 3.73. The zero-order valence-electron chi connectivity index (χ0n) is 12.5. The Hall–Kier alpha value is -2.37. The van der Waals surface area contributed by atoms with Crippen LogP contribution in [0.1, 0.15) is 5.56 Å². The number of benzene rings is 2. The summed E-state index contributed by atoms with van der Waals surface area (Å²) in [5, 5.41) is 3.05. The molecule has 0 spiro atoms. The highest BCUT2D eigenvalue weighted by Gasteiger charge is 2.14. The molecule has 2 aromatic carbocycles. The third-order valence-electron chi connectivity index (χ3n) is 3.81. The van der Waals surface area contributed by atoms with Crippen LogP contribution in [0.3, 0.4) is 0 Å². The molecule has 0 radical (unpaired) electrons. The number of ether oxygens (including phenoxy) is 2. The molecule has 2 heterocycles. The molecule has 1 aromatic heterocycles. The van der Waals surface area contributed by atoms with E-state index in [0.29, 0.717) is 19.8 Å². The molecule has 1 aliphatic rings. The van der Waals surface area contributed by atoms with Crippen molar-refractivity contribution in [2.24, 2.45) is 5.73 Å². The van der Waals surface area contributed by atoms with E-state index in [-0.39, 0.29) is 0 Å². The second kappa shape index (κ2) is 6.02. The summed E-state index contributed by atoms with van der Waals surface area (Å²) in [5.74, 6) is 1.58. The normalized spacial score (nSPS) is 13.1. The van der Waals surface area contributed by atoms with E-state index in [4.69, 9.17) is 20.2 Å². The van der Waals surface area contributed by atoms with Gasteiger partial charge in [-0.3, -0.25) is 0 Å². The number of nitrogens with zero attached hydrogens (tertiary/aromatic N) is 1. The van der Waals surface area contributed by atoms with Gasteiger partial charge in [-0.05, 0) is 23.8 Å². The summed E-state index contributed by atoms with van der Waals surface area (Å²) in [7, 11) is 0. The highest BCUT2D eigenvalue weighted by Crippen LogP contribution is 2.36. The van der Waals surface area contributed by atoms with Gasteiger partial charge in [-0.15, -0.1) is 11.3 Å². The van der Waals surface area contributed by atoms with Crippen molar-refractivity contribution in [3.05, 3.63) is 53.4 Å². The quantitative estimate of drug-likeness (QED) is 0.798. The van der Waals surface area contributed by atoms with Gasteiger partial charge in [0.25, 0.3) is 0 Å². The number of fused-ring (bicyclic) bond motifs is 1. The highest BCUT2D eigenvalue weighted by molar-refractivity contribution is 7.13. The van der Waals surface area contributed by atoms with Crippen LogP contribution >= 0.6 is 11.3 Å². The van der Waals surface area contributed by atoms with Crippen molar-refractivity contribution in [3.8, 4) is 33.3 Å². The summed E-state index contributed by atoms with van der Waals surface area (Å²) in [5.41, 5.74) is 10.0. The Morgan fingerprint density at radius 3 is 2.74 bits per heavy atom. The van der Waals surface area contributed by atoms with Crippen molar-refractivity contribution in [1.29, 1.82) is 0 Å². The first kappa shape index (κ1) is 14.2. The van der Waals surface area contributed by atoms with Gasteiger partial charge in [-0.25, -0.2) is 4.98 Å². The molecule has 0 aliphatic carbocycles. The minimum absolute atomic E-state index is 0.509. The monoisotopic (exact) mass is 324 g/mol. The smallest absolute Gasteiger partial charge is 0.162 e. The van der Waals surface area contributed by atoms with Crippen LogP contribution in [0.2, 0.25) is 0 Å². The Morgan fingerprint density at radius 2 is 1.87 bits per heavy atom. The van der Waals surface area contributed by atoms with E-state index in [1.165, 1.54) is 0 Å². The maximum Gasteiger partial charge on any atom is 0.162 e. The molecule has 0 fully saturated rings. The van der Waals surface area contributed by atoms with Gasteiger partial charge in [-0.2, -0.15) is 0 Å². The molecule has 23 heavy (non-hydrogen) atoms. The lowest BCUT2D eigenvalue weighted by Gasteiger charge is -2.18. The lowest BCUT2D eigenvalue weighted by atomic mass is 10.1. The van der Waals surface area contributed by atoms with E-state index < -0.39 is 0 Å². The van der Waals surface area contributed by atoms with Crippen LogP contribution in [-0.2, 0) is 6.54 Å². The second-order valence-electron chi connectivity index (χ2n) is 5.26. The standard InChI is InChI=1S/C18H16N2O2S/c19-10-13-3-1-2-4-14(13)18-20-15(11-23-18)12-5-6-16-17(9-12)22-8-7-21-16/h1-6,9,11H,7-8,10,19H2. The molecule has 5 heteroatoms. The average Bonchev–Trinajstić information content (AvgIpc) is 3.11. The van der Waals surface area contributed by atoms with Crippen molar-refractivity contribution < 1.29 is 9.47 Å². The predicted octanol–water partition coefficient (Wildman–Crippen LogP) is 3.71. The molecule has 2 N–H and O–H groups in total. The fourth-order valence-corrected chi connectivity index (χ4v) is 3.53. The number of thiazole rings is 1. The SMILES string of the molecule is NCc1ccccc1-c1nc(-c2ccc3c(c2)OCCO3)cs1. The van der Waals surface area contributed by atoms with Gasteiger partial charge in [0.2, 0.25) is 0 Å². The first-order valence-corrected chi connectivity index (χ1v) is 8.37. The summed E-state index contributed by atoms with van der Waals surface area (Å²) in [6.45, 7) is 1.70. The van der Waals surface area contributed by atoms with E-state index in [1.54, 1.807) is 11.3 Å². The lowest BCUT2D eigenvalue weighted by Crippen LogP contribution is -2.15. The van der Waals surface area contributed by atoms with Crippen molar-refractivity contribution in [3.63, 3.8) is 0 Å². The van der Waals surface area contributed by atoms with Gasteiger partial charge in [0.1, 0.15) is 18.2 Å². The first-order chi connectivity index (χ1) is 11.3. The average molecular weight is 324 g/mol. The van der Waals surface area contributed by atoms with Crippen LogP contribution in [0.4, 0.5) is 0 Å². The van der Waals surface area contributed by atoms with Crippen molar-refractivity contribution in [2.45, 2.75) is 6.54 Å². The number of aromatic nitrogens is 1. The van der Waals surface area contributed by atoms with E-state index >= 15 is 0 Å². The van der Waals surface area contributed by atoms with Crippen LogP contribution < -0.4 is 15.2 Å². The molecular formula is C18H16N2O2S. The minimum Gasteiger partial charge on any atom is -0.486 e. The first-order valence-electron chi connectivity index (χ1n) is 7.49. The fourth-order valence-electron chi connectivity index (χ4n) is 2.64. The Balaban J connectivity index is 1.70. The van der Waals surface area contributed by atoms with Gasteiger partial charge in [0.05, 0.1) is 5.69 Å². The zero-order valence-corrected chi connectivity index (χ0v) is 13.3. The largest absolute Gasteiger partial charge is 0.486 e. The summed E-state index contributed by atoms with van der Waals surface area (Å²) < 4.78 is 11.2. The number of nitrogens with two attached hydrogens (primary N) is 1. The van der Waals surface area contributed by atoms with Gasteiger partial charge >= 0.3 is 0 Å². The zero-order chi connectivity index (χ0) is 15.6. The molecule has 0 unspecified atom stereocenters. The minimum atomic E-state index is 0.509. The molecule has 116 valence electrons. The highest BCUT2D eigenvalue weighted by atomic mass is 32.1. The molecule has 4 nitrogen and oxygen atoms in total. The number of hydrogen-bond donors (Lipinski definition) is 1. The van der Waals surface area contributed by atoms with Crippen LogP contribution in [-0.4, -0.2) is 18.2 Å². The maximum absolute atomic E-state index is 5.83. The van der Waals surface area contributed by atoms with Gasteiger partial charge in [-0.1, -0.05) is 24.3 Å². The Morgan fingerprint density at radius 1 is 1.04 bits per heavy atom. The number of rotatable bonds is 3. The summed E-state index contributed by atoms with van der Waals surface area (Å²) >= 11 is 1.63. The molecule has 1 aliphatic heterocycles. The van der Waals surface area contributed by atoms with Crippen LogP contribution in [0.25, 0.3) is 21.8 Å². The fraction of sp³-hybridized carbons (Fsp3) is 0.167. The van der Waals surface area contributed by atoms with Crippen molar-refractivity contribution in [2.75, 3.05) is 13.2 Å².